The van der Waals surface area contributed by atoms with E-state index in [1.807, 2.05) is 61.5 Å². The molecule has 0 unspecified atom stereocenters. The van der Waals surface area contributed by atoms with Crippen molar-refractivity contribution in [2.45, 2.75) is 13.5 Å². The molecule has 3 aromatic rings. The van der Waals surface area contributed by atoms with Gasteiger partial charge in [-0.05, 0) is 58.2 Å². The summed E-state index contributed by atoms with van der Waals surface area (Å²) in [7, 11) is 0. The summed E-state index contributed by atoms with van der Waals surface area (Å²) in [5, 5.41) is 7.65. The van der Waals surface area contributed by atoms with E-state index in [4.69, 9.17) is 21.1 Å². The van der Waals surface area contributed by atoms with Crippen molar-refractivity contribution in [3.05, 3.63) is 87.4 Å². The van der Waals surface area contributed by atoms with Crippen LogP contribution in [0.25, 0.3) is 0 Å². The SMILES string of the molecule is CCOc1cc(C=NNc2ccccc2Cl)cc(Br)c1OCC(=O)NCc1ccccc1. The van der Waals surface area contributed by atoms with Crippen molar-refractivity contribution in [3.8, 4) is 11.5 Å². The Labute approximate surface area is 200 Å². The first-order valence-corrected chi connectivity index (χ1v) is 11.2. The van der Waals surface area contributed by atoms with E-state index in [0.29, 0.717) is 39.8 Å². The van der Waals surface area contributed by atoms with Gasteiger partial charge in [0.2, 0.25) is 0 Å². The molecule has 0 aliphatic rings. The Morgan fingerprint density at radius 1 is 1.09 bits per heavy atom. The smallest absolute Gasteiger partial charge is 0.258 e. The number of hydrogen-bond acceptors (Lipinski definition) is 5. The minimum absolute atomic E-state index is 0.132. The maximum atomic E-state index is 12.2. The van der Waals surface area contributed by atoms with Crippen molar-refractivity contribution in [1.82, 2.24) is 5.32 Å². The zero-order valence-electron chi connectivity index (χ0n) is 17.5. The number of anilines is 1. The maximum Gasteiger partial charge on any atom is 0.258 e. The predicted molar refractivity (Wildman–Crippen MR) is 132 cm³/mol. The number of benzene rings is 3. The Morgan fingerprint density at radius 3 is 2.59 bits per heavy atom. The van der Waals surface area contributed by atoms with Crippen LogP contribution in [0.4, 0.5) is 5.69 Å². The quantitative estimate of drug-likeness (QED) is 0.270. The van der Waals surface area contributed by atoms with Crippen LogP contribution in [-0.4, -0.2) is 25.3 Å². The van der Waals surface area contributed by atoms with Crippen LogP contribution in [0.5, 0.6) is 11.5 Å². The number of amides is 1. The lowest BCUT2D eigenvalue weighted by molar-refractivity contribution is -0.123. The van der Waals surface area contributed by atoms with Crippen LogP contribution in [0.15, 0.2) is 76.3 Å². The Hall–Kier alpha value is -3.03. The second-order valence-corrected chi connectivity index (χ2v) is 7.93. The van der Waals surface area contributed by atoms with Gasteiger partial charge in [-0.3, -0.25) is 10.2 Å². The van der Waals surface area contributed by atoms with Gasteiger partial charge in [-0.1, -0.05) is 54.1 Å². The van der Waals surface area contributed by atoms with Gasteiger partial charge in [-0.25, -0.2) is 0 Å². The van der Waals surface area contributed by atoms with E-state index in [0.717, 1.165) is 11.1 Å². The van der Waals surface area contributed by atoms with Gasteiger partial charge in [0.15, 0.2) is 18.1 Å². The van der Waals surface area contributed by atoms with Gasteiger partial charge in [-0.15, -0.1) is 0 Å². The minimum Gasteiger partial charge on any atom is -0.490 e. The van der Waals surface area contributed by atoms with E-state index < -0.39 is 0 Å². The van der Waals surface area contributed by atoms with Crippen LogP contribution >= 0.6 is 27.5 Å². The third-order valence-corrected chi connectivity index (χ3v) is 5.20. The predicted octanol–water partition coefficient (Wildman–Crippen LogP) is 5.64. The number of para-hydroxylation sites is 1. The first-order chi connectivity index (χ1) is 15.6. The molecule has 0 saturated carbocycles. The third kappa shape index (κ3) is 7.00. The molecule has 2 N–H and O–H groups in total. The van der Waals surface area contributed by atoms with Crippen molar-refractivity contribution in [2.75, 3.05) is 18.6 Å². The fourth-order valence-corrected chi connectivity index (χ4v) is 3.53. The van der Waals surface area contributed by atoms with E-state index in [2.05, 4.69) is 31.8 Å². The topological polar surface area (TPSA) is 71.9 Å². The van der Waals surface area contributed by atoms with Crippen LogP contribution < -0.4 is 20.2 Å². The van der Waals surface area contributed by atoms with Gasteiger partial charge >= 0.3 is 0 Å². The fourth-order valence-electron chi connectivity index (χ4n) is 2.78. The van der Waals surface area contributed by atoms with Gasteiger partial charge < -0.3 is 14.8 Å². The molecule has 0 fully saturated rings. The number of hydrazone groups is 1. The summed E-state index contributed by atoms with van der Waals surface area (Å²) >= 11 is 9.63. The fraction of sp³-hybridized carbons (Fsp3) is 0.167. The molecular weight excluding hydrogens is 494 g/mol. The van der Waals surface area contributed by atoms with Crippen molar-refractivity contribution in [2.24, 2.45) is 5.10 Å². The normalized spacial score (nSPS) is 10.7. The molecule has 1 amide bonds. The summed E-state index contributed by atoms with van der Waals surface area (Å²) in [6.07, 6.45) is 1.65. The third-order valence-electron chi connectivity index (χ3n) is 4.28. The summed E-state index contributed by atoms with van der Waals surface area (Å²) in [6.45, 7) is 2.63. The van der Waals surface area contributed by atoms with Crippen molar-refractivity contribution in [1.29, 1.82) is 0 Å². The molecule has 6 nitrogen and oxygen atoms in total. The first-order valence-electron chi connectivity index (χ1n) is 10.00. The molecular formula is C24H23BrClN3O3. The van der Waals surface area contributed by atoms with E-state index in [-0.39, 0.29) is 12.5 Å². The second-order valence-electron chi connectivity index (χ2n) is 6.66. The highest BCUT2D eigenvalue weighted by Gasteiger charge is 2.14. The summed E-state index contributed by atoms with van der Waals surface area (Å²) in [4.78, 5) is 12.2. The lowest BCUT2D eigenvalue weighted by atomic mass is 10.2. The van der Waals surface area contributed by atoms with Crippen LogP contribution in [-0.2, 0) is 11.3 Å². The van der Waals surface area contributed by atoms with E-state index in [1.165, 1.54) is 0 Å². The maximum absolute atomic E-state index is 12.2. The zero-order chi connectivity index (χ0) is 22.8. The average Bonchev–Trinajstić information content (AvgIpc) is 2.79. The van der Waals surface area contributed by atoms with Crippen molar-refractivity contribution >= 4 is 45.3 Å². The summed E-state index contributed by atoms with van der Waals surface area (Å²) in [5.74, 6) is 0.743. The number of carbonyl (C=O) groups is 1. The van der Waals surface area contributed by atoms with Crippen LogP contribution in [0.3, 0.4) is 0 Å². The average molecular weight is 517 g/mol. The number of ether oxygens (including phenoxy) is 2. The molecule has 0 aliphatic carbocycles. The number of carbonyl (C=O) groups excluding carboxylic acids is 1. The minimum atomic E-state index is -0.224. The molecule has 0 spiro atoms. The molecule has 0 radical (unpaired) electrons. The van der Waals surface area contributed by atoms with Gasteiger partial charge in [0.25, 0.3) is 5.91 Å². The molecule has 0 heterocycles. The van der Waals surface area contributed by atoms with Crippen LogP contribution in [0.2, 0.25) is 5.02 Å². The van der Waals surface area contributed by atoms with Gasteiger partial charge in [0, 0.05) is 6.54 Å². The number of halogens is 2. The Bertz CT molecular complexity index is 1080. The molecule has 0 aliphatic heterocycles. The molecule has 0 bridgehead atoms. The van der Waals surface area contributed by atoms with Gasteiger partial charge in [0.05, 0.1) is 28.0 Å². The van der Waals surface area contributed by atoms with E-state index in [9.17, 15) is 4.79 Å². The van der Waals surface area contributed by atoms with E-state index in [1.54, 1.807) is 18.3 Å². The molecule has 0 aromatic heterocycles. The number of rotatable bonds is 10. The standard InChI is InChI=1S/C24H23BrClN3O3/c1-2-31-22-13-18(15-28-29-21-11-7-6-10-20(21)26)12-19(25)24(22)32-16-23(30)27-14-17-8-4-3-5-9-17/h3-13,15,29H,2,14,16H2,1H3,(H,27,30). The number of hydrogen-bond donors (Lipinski definition) is 2. The lowest BCUT2D eigenvalue weighted by Gasteiger charge is -2.14. The molecule has 32 heavy (non-hydrogen) atoms. The summed E-state index contributed by atoms with van der Waals surface area (Å²) < 4.78 is 12.1. The molecule has 0 atom stereocenters. The molecule has 3 rings (SSSR count). The highest BCUT2D eigenvalue weighted by molar-refractivity contribution is 9.10. The summed E-state index contributed by atoms with van der Waals surface area (Å²) in [6, 6.07) is 20.7. The van der Waals surface area contributed by atoms with Crippen molar-refractivity contribution < 1.29 is 14.3 Å². The van der Waals surface area contributed by atoms with Crippen molar-refractivity contribution in [3.63, 3.8) is 0 Å². The first kappa shape index (κ1) is 23.6. The van der Waals surface area contributed by atoms with E-state index >= 15 is 0 Å². The van der Waals surface area contributed by atoms with Crippen LogP contribution in [0.1, 0.15) is 18.1 Å². The largest absolute Gasteiger partial charge is 0.490 e. The number of nitrogens with one attached hydrogen (secondary N) is 2. The molecule has 166 valence electrons. The summed E-state index contributed by atoms with van der Waals surface area (Å²) in [5.41, 5.74) is 5.41. The molecule has 0 saturated heterocycles. The Balaban J connectivity index is 1.63. The van der Waals surface area contributed by atoms with Crippen LogP contribution in [0, 0.1) is 0 Å². The monoisotopic (exact) mass is 515 g/mol. The molecule has 8 heteroatoms. The van der Waals surface area contributed by atoms with Gasteiger partial charge in [-0.2, -0.15) is 5.10 Å². The Morgan fingerprint density at radius 2 is 1.84 bits per heavy atom. The molecule has 3 aromatic carbocycles. The number of nitrogens with zero attached hydrogens (tertiary/aromatic N) is 1. The zero-order valence-corrected chi connectivity index (χ0v) is 19.8. The Kier molecular flexibility index (Phi) is 8.95. The van der Waals surface area contributed by atoms with Gasteiger partial charge in [0.1, 0.15) is 0 Å². The lowest BCUT2D eigenvalue weighted by Crippen LogP contribution is -2.28. The second kappa shape index (κ2) is 12.1. The highest BCUT2D eigenvalue weighted by atomic mass is 79.9. The highest BCUT2D eigenvalue weighted by Crippen LogP contribution is 2.36.